The van der Waals surface area contributed by atoms with Gasteiger partial charge >= 0.3 is 0 Å². The molecule has 0 aliphatic rings. The summed E-state index contributed by atoms with van der Waals surface area (Å²) in [7, 11) is -3.28. The highest BCUT2D eigenvalue weighted by atomic mass is 32.2. The van der Waals surface area contributed by atoms with Crippen molar-refractivity contribution in [1.82, 2.24) is 0 Å². The molecule has 112 valence electrons. The second-order valence-corrected chi connectivity index (χ2v) is 8.09. The van der Waals surface area contributed by atoms with Gasteiger partial charge in [0.05, 0.1) is 6.26 Å². The van der Waals surface area contributed by atoms with Crippen LogP contribution in [0.2, 0.25) is 0 Å². The Labute approximate surface area is 121 Å². The van der Waals surface area contributed by atoms with Crippen molar-refractivity contribution in [2.45, 2.75) is 34.1 Å². The van der Waals surface area contributed by atoms with E-state index in [2.05, 4.69) is 32.4 Å². The summed E-state index contributed by atoms with van der Waals surface area (Å²) in [6, 6.07) is 6.53. The van der Waals surface area contributed by atoms with Crippen molar-refractivity contribution in [3.8, 4) is 0 Å². The Balaban J connectivity index is 2.76. The minimum Gasteiger partial charge on any atom is -0.294 e. The van der Waals surface area contributed by atoms with Crippen molar-refractivity contribution in [2.75, 3.05) is 11.0 Å². The van der Waals surface area contributed by atoms with E-state index in [0.29, 0.717) is 17.7 Å². The van der Waals surface area contributed by atoms with Crippen LogP contribution in [0.25, 0.3) is 0 Å². The number of hydrogen-bond donors (Lipinski definition) is 1. The summed E-state index contributed by atoms with van der Waals surface area (Å²) in [5.74, 6) is 0.363. The fraction of sp³-hybridized carbons (Fsp3) is 0.533. The number of sulfonamides is 1. The van der Waals surface area contributed by atoms with Crippen LogP contribution >= 0.6 is 0 Å². The molecule has 0 amide bonds. The van der Waals surface area contributed by atoms with Gasteiger partial charge in [0.1, 0.15) is 0 Å². The number of carbonyl (C=O) groups is 1. The fourth-order valence-corrected chi connectivity index (χ4v) is 2.20. The molecule has 20 heavy (non-hydrogen) atoms. The van der Waals surface area contributed by atoms with Gasteiger partial charge in [-0.25, -0.2) is 8.42 Å². The molecule has 0 radical (unpaired) electrons. The highest BCUT2D eigenvalue weighted by Crippen LogP contribution is 2.29. The Bertz CT molecular complexity index is 568. The first-order chi connectivity index (χ1) is 8.99. The maximum atomic E-state index is 12.2. The van der Waals surface area contributed by atoms with Crippen molar-refractivity contribution >= 4 is 21.5 Å². The van der Waals surface area contributed by atoms with Crippen LogP contribution in [0.4, 0.5) is 5.69 Å². The zero-order valence-corrected chi connectivity index (χ0v) is 13.5. The SMILES string of the molecule is CC(CC(=O)c1ccc(NS(C)(=O)=O)cc1)C(C)(C)C. The fourth-order valence-electron chi connectivity index (χ4n) is 1.64. The third-order valence-electron chi connectivity index (χ3n) is 3.48. The van der Waals surface area contributed by atoms with Gasteiger partial charge in [0, 0.05) is 17.7 Å². The van der Waals surface area contributed by atoms with E-state index < -0.39 is 10.0 Å². The lowest BCUT2D eigenvalue weighted by molar-refractivity contribution is 0.0927. The van der Waals surface area contributed by atoms with Crippen LogP contribution < -0.4 is 4.72 Å². The molecule has 1 N–H and O–H groups in total. The predicted octanol–water partition coefficient (Wildman–Crippen LogP) is 3.31. The van der Waals surface area contributed by atoms with E-state index in [1.54, 1.807) is 24.3 Å². The number of nitrogens with one attached hydrogen (secondary N) is 1. The maximum absolute atomic E-state index is 12.2. The van der Waals surface area contributed by atoms with Gasteiger partial charge in [-0.15, -0.1) is 0 Å². The average Bonchev–Trinajstić information content (AvgIpc) is 2.26. The summed E-state index contributed by atoms with van der Waals surface area (Å²) in [6.45, 7) is 8.41. The third kappa shape index (κ3) is 5.33. The largest absolute Gasteiger partial charge is 0.294 e. The molecular formula is C15H23NO3S. The summed E-state index contributed by atoms with van der Waals surface area (Å²) in [5, 5.41) is 0. The number of hydrogen-bond acceptors (Lipinski definition) is 3. The monoisotopic (exact) mass is 297 g/mol. The normalized spacial score (nSPS) is 13.8. The van der Waals surface area contributed by atoms with E-state index in [1.165, 1.54) is 0 Å². The Morgan fingerprint density at radius 3 is 2.10 bits per heavy atom. The number of Topliss-reactive ketones (excluding diaryl/α,β-unsaturated/α-hetero) is 1. The smallest absolute Gasteiger partial charge is 0.229 e. The van der Waals surface area contributed by atoms with Gasteiger partial charge in [0.25, 0.3) is 0 Å². The topological polar surface area (TPSA) is 63.2 Å². The van der Waals surface area contributed by atoms with Crippen LogP contribution in [-0.4, -0.2) is 20.5 Å². The van der Waals surface area contributed by atoms with Gasteiger partial charge in [-0.1, -0.05) is 27.7 Å². The Hall–Kier alpha value is -1.36. The summed E-state index contributed by atoms with van der Waals surface area (Å²) in [4.78, 5) is 12.2. The molecule has 0 fully saturated rings. The van der Waals surface area contributed by atoms with E-state index in [9.17, 15) is 13.2 Å². The van der Waals surface area contributed by atoms with Crippen LogP contribution in [0.5, 0.6) is 0 Å². The second kappa shape index (κ2) is 5.95. The first-order valence-corrected chi connectivity index (χ1v) is 8.49. The molecule has 0 heterocycles. The molecule has 0 saturated carbocycles. The Kier molecular flexibility index (Phi) is 4.97. The summed E-state index contributed by atoms with van der Waals surface area (Å²) in [5.41, 5.74) is 1.17. The highest BCUT2D eigenvalue weighted by molar-refractivity contribution is 7.92. The zero-order valence-electron chi connectivity index (χ0n) is 12.7. The molecule has 5 heteroatoms. The van der Waals surface area contributed by atoms with Crippen LogP contribution in [-0.2, 0) is 10.0 Å². The number of carbonyl (C=O) groups excluding carboxylic acids is 1. The Morgan fingerprint density at radius 1 is 1.20 bits per heavy atom. The highest BCUT2D eigenvalue weighted by Gasteiger charge is 2.23. The van der Waals surface area contributed by atoms with Crippen molar-refractivity contribution in [3.63, 3.8) is 0 Å². The van der Waals surface area contributed by atoms with Gasteiger partial charge in [-0.3, -0.25) is 9.52 Å². The van der Waals surface area contributed by atoms with Crippen LogP contribution in [0.15, 0.2) is 24.3 Å². The van der Waals surface area contributed by atoms with E-state index in [1.807, 2.05) is 0 Å². The number of ketones is 1. The van der Waals surface area contributed by atoms with Crippen LogP contribution in [0.3, 0.4) is 0 Å². The second-order valence-electron chi connectivity index (χ2n) is 6.35. The lowest BCUT2D eigenvalue weighted by Gasteiger charge is -2.26. The van der Waals surface area contributed by atoms with Crippen LogP contribution in [0.1, 0.15) is 44.5 Å². The number of anilines is 1. The van der Waals surface area contributed by atoms with Gasteiger partial charge in [0.2, 0.25) is 10.0 Å². The lowest BCUT2D eigenvalue weighted by Crippen LogP contribution is -2.20. The molecule has 0 bridgehead atoms. The predicted molar refractivity (Wildman–Crippen MR) is 82.5 cm³/mol. The van der Waals surface area contributed by atoms with Crippen LogP contribution in [0, 0.1) is 11.3 Å². The molecular weight excluding hydrogens is 274 g/mol. The minimum atomic E-state index is -3.28. The molecule has 1 aromatic carbocycles. The molecule has 1 aromatic rings. The summed E-state index contributed by atoms with van der Waals surface area (Å²) < 4.78 is 24.6. The van der Waals surface area contributed by atoms with E-state index in [-0.39, 0.29) is 17.1 Å². The van der Waals surface area contributed by atoms with E-state index >= 15 is 0 Å². The molecule has 0 aromatic heterocycles. The standard InChI is InChI=1S/C15H23NO3S/c1-11(15(2,3)4)10-14(17)12-6-8-13(9-7-12)16-20(5,18)19/h6-9,11,16H,10H2,1-5H3. The number of rotatable bonds is 5. The number of benzene rings is 1. The van der Waals surface area contributed by atoms with E-state index in [0.717, 1.165) is 6.26 Å². The van der Waals surface area contributed by atoms with Gasteiger partial charge in [-0.05, 0) is 35.6 Å². The zero-order chi connectivity index (χ0) is 15.6. The average molecular weight is 297 g/mol. The molecule has 1 unspecified atom stereocenters. The van der Waals surface area contributed by atoms with Gasteiger partial charge in [-0.2, -0.15) is 0 Å². The molecule has 0 saturated heterocycles. The first-order valence-electron chi connectivity index (χ1n) is 6.60. The molecule has 1 rings (SSSR count). The van der Waals surface area contributed by atoms with Crippen molar-refractivity contribution in [1.29, 1.82) is 0 Å². The molecule has 1 atom stereocenters. The van der Waals surface area contributed by atoms with Crippen molar-refractivity contribution in [3.05, 3.63) is 29.8 Å². The van der Waals surface area contributed by atoms with Crippen molar-refractivity contribution < 1.29 is 13.2 Å². The summed E-state index contributed by atoms with van der Waals surface area (Å²) >= 11 is 0. The molecule has 0 aliphatic carbocycles. The molecule has 4 nitrogen and oxygen atoms in total. The first kappa shape index (κ1) is 16.7. The lowest BCUT2D eigenvalue weighted by atomic mass is 9.78. The molecule has 0 aliphatic heterocycles. The van der Waals surface area contributed by atoms with Gasteiger partial charge < -0.3 is 0 Å². The quantitative estimate of drug-likeness (QED) is 0.848. The minimum absolute atomic E-state index is 0.0818. The third-order valence-corrected chi connectivity index (χ3v) is 4.09. The van der Waals surface area contributed by atoms with E-state index in [4.69, 9.17) is 0 Å². The Morgan fingerprint density at radius 2 is 1.70 bits per heavy atom. The van der Waals surface area contributed by atoms with Gasteiger partial charge in [0.15, 0.2) is 5.78 Å². The van der Waals surface area contributed by atoms with Crippen molar-refractivity contribution in [2.24, 2.45) is 11.3 Å². The molecule has 0 spiro atoms. The summed E-state index contributed by atoms with van der Waals surface area (Å²) in [6.07, 6.45) is 1.58. The maximum Gasteiger partial charge on any atom is 0.229 e.